The van der Waals surface area contributed by atoms with Crippen molar-refractivity contribution in [3.05, 3.63) is 41.2 Å². The number of ether oxygens (including phenoxy) is 1. The molecule has 4 nitrogen and oxygen atoms in total. The zero-order valence-electron chi connectivity index (χ0n) is 11.9. The third-order valence-corrected chi connectivity index (χ3v) is 3.55. The molecular formula is C15H17FN2O2S. The van der Waals surface area contributed by atoms with Crippen molar-refractivity contribution in [2.75, 3.05) is 11.9 Å². The van der Waals surface area contributed by atoms with E-state index in [-0.39, 0.29) is 24.8 Å². The van der Waals surface area contributed by atoms with Crippen LogP contribution in [0.2, 0.25) is 0 Å². The van der Waals surface area contributed by atoms with Crippen molar-refractivity contribution in [1.82, 2.24) is 4.98 Å². The van der Waals surface area contributed by atoms with Gasteiger partial charge in [0, 0.05) is 5.38 Å². The summed E-state index contributed by atoms with van der Waals surface area (Å²) < 4.78 is 18.1. The number of aromatic nitrogens is 1. The molecule has 0 spiro atoms. The minimum absolute atomic E-state index is 0.151. The van der Waals surface area contributed by atoms with Gasteiger partial charge in [0.1, 0.15) is 11.6 Å². The summed E-state index contributed by atoms with van der Waals surface area (Å²) in [7, 11) is 0. The van der Waals surface area contributed by atoms with Crippen LogP contribution in [0.4, 0.5) is 9.52 Å². The zero-order valence-corrected chi connectivity index (χ0v) is 12.7. The predicted molar refractivity (Wildman–Crippen MR) is 81.3 cm³/mol. The average molecular weight is 308 g/mol. The molecule has 112 valence electrons. The Morgan fingerprint density at radius 2 is 2.10 bits per heavy atom. The maximum atomic E-state index is 12.7. The van der Waals surface area contributed by atoms with Crippen LogP contribution in [-0.2, 0) is 4.79 Å². The van der Waals surface area contributed by atoms with Gasteiger partial charge in [-0.3, -0.25) is 4.79 Å². The number of hydrogen-bond acceptors (Lipinski definition) is 4. The molecule has 0 aliphatic heterocycles. The third kappa shape index (κ3) is 4.82. The summed E-state index contributed by atoms with van der Waals surface area (Å²) in [5, 5.41) is 5.28. The molecule has 0 saturated heterocycles. The molecule has 0 fully saturated rings. The first-order valence-electron chi connectivity index (χ1n) is 6.68. The van der Waals surface area contributed by atoms with Crippen molar-refractivity contribution in [3.63, 3.8) is 0 Å². The van der Waals surface area contributed by atoms with Crippen molar-refractivity contribution in [3.8, 4) is 5.75 Å². The molecule has 2 rings (SSSR count). The van der Waals surface area contributed by atoms with Crippen LogP contribution >= 0.6 is 11.3 Å². The van der Waals surface area contributed by atoms with Crippen molar-refractivity contribution >= 4 is 22.4 Å². The second-order valence-corrected chi connectivity index (χ2v) is 5.69. The molecule has 1 amide bonds. The molecule has 0 radical (unpaired) electrons. The fraction of sp³-hybridized carbons (Fsp3) is 0.333. The standard InChI is InChI=1S/C15H17FN2O2S/c1-10(2)13-9-21-15(17-13)18-14(19)7-8-20-12-5-3-11(16)4-6-12/h3-6,9-10H,7-8H2,1-2H3,(H,17,18,19). The summed E-state index contributed by atoms with van der Waals surface area (Å²) >= 11 is 1.41. The minimum atomic E-state index is -0.315. The number of halogens is 1. The average Bonchev–Trinajstić information content (AvgIpc) is 2.90. The number of thiazole rings is 1. The van der Waals surface area contributed by atoms with E-state index in [9.17, 15) is 9.18 Å². The second kappa shape index (κ2) is 7.17. The van der Waals surface area contributed by atoms with Gasteiger partial charge >= 0.3 is 0 Å². The molecule has 0 aliphatic carbocycles. The highest BCUT2D eigenvalue weighted by atomic mass is 32.1. The van der Waals surface area contributed by atoms with Crippen LogP contribution in [0.25, 0.3) is 0 Å². The number of carbonyl (C=O) groups excluding carboxylic acids is 1. The Bertz CT molecular complexity index is 596. The number of benzene rings is 1. The third-order valence-electron chi connectivity index (χ3n) is 2.77. The first-order valence-corrected chi connectivity index (χ1v) is 7.56. The van der Waals surface area contributed by atoms with Gasteiger partial charge in [0.2, 0.25) is 5.91 Å². The lowest BCUT2D eigenvalue weighted by Crippen LogP contribution is -2.15. The van der Waals surface area contributed by atoms with Crippen LogP contribution in [0.1, 0.15) is 31.9 Å². The van der Waals surface area contributed by atoms with Gasteiger partial charge in [0.05, 0.1) is 18.7 Å². The van der Waals surface area contributed by atoms with Crippen LogP contribution in [0, 0.1) is 5.82 Å². The topological polar surface area (TPSA) is 51.2 Å². The van der Waals surface area contributed by atoms with E-state index < -0.39 is 0 Å². The maximum absolute atomic E-state index is 12.7. The fourth-order valence-electron chi connectivity index (χ4n) is 1.58. The Hall–Kier alpha value is -1.95. The Kier molecular flexibility index (Phi) is 5.27. The van der Waals surface area contributed by atoms with Gasteiger partial charge < -0.3 is 10.1 Å². The molecule has 6 heteroatoms. The first-order chi connectivity index (χ1) is 10.0. The van der Waals surface area contributed by atoms with Gasteiger partial charge in [0.15, 0.2) is 5.13 Å². The molecule has 21 heavy (non-hydrogen) atoms. The summed E-state index contributed by atoms with van der Waals surface area (Å²) in [6, 6.07) is 5.70. The Morgan fingerprint density at radius 3 is 2.71 bits per heavy atom. The highest BCUT2D eigenvalue weighted by molar-refractivity contribution is 7.13. The van der Waals surface area contributed by atoms with Crippen molar-refractivity contribution < 1.29 is 13.9 Å². The van der Waals surface area contributed by atoms with Gasteiger partial charge in [-0.2, -0.15) is 0 Å². The van der Waals surface area contributed by atoms with Gasteiger partial charge in [-0.1, -0.05) is 13.8 Å². The predicted octanol–water partition coefficient (Wildman–Crippen LogP) is 3.81. The van der Waals surface area contributed by atoms with E-state index in [1.54, 1.807) is 0 Å². The molecule has 1 aromatic heterocycles. The second-order valence-electron chi connectivity index (χ2n) is 4.83. The van der Waals surface area contributed by atoms with E-state index in [0.717, 1.165) is 5.69 Å². The molecule has 2 aromatic rings. The smallest absolute Gasteiger partial charge is 0.229 e. The maximum Gasteiger partial charge on any atom is 0.229 e. The molecule has 1 heterocycles. The number of rotatable bonds is 6. The SMILES string of the molecule is CC(C)c1csc(NC(=O)CCOc2ccc(F)cc2)n1. The number of nitrogens with zero attached hydrogens (tertiary/aromatic N) is 1. The Morgan fingerprint density at radius 1 is 1.38 bits per heavy atom. The fourth-order valence-corrected chi connectivity index (χ4v) is 2.47. The summed E-state index contributed by atoms with van der Waals surface area (Å²) in [6.45, 7) is 4.34. The Balaban J connectivity index is 1.75. The first kappa shape index (κ1) is 15.4. The number of hydrogen-bond donors (Lipinski definition) is 1. The van der Waals surface area contributed by atoms with Gasteiger partial charge in [-0.15, -0.1) is 11.3 Å². The normalized spacial score (nSPS) is 10.7. The summed E-state index contributed by atoms with van der Waals surface area (Å²) in [5.41, 5.74) is 0.970. The zero-order chi connectivity index (χ0) is 15.2. The summed E-state index contributed by atoms with van der Waals surface area (Å²) in [6.07, 6.45) is 0.216. The monoisotopic (exact) mass is 308 g/mol. The van der Waals surface area contributed by atoms with E-state index in [4.69, 9.17) is 4.74 Å². The van der Waals surface area contributed by atoms with Crippen LogP contribution in [0.3, 0.4) is 0 Å². The highest BCUT2D eigenvalue weighted by Crippen LogP contribution is 2.21. The van der Waals surface area contributed by atoms with E-state index in [1.807, 2.05) is 5.38 Å². The van der Waals surface area contributed by atoms with Gasteiger partial charge in [-0.05, 0) is 30.2 Å². The molecule has 0 atom stereocenters. The Labute approximate surface area is 127 Å². The number of nitrogens with one attached hydrogen (secondary N) is 1. The van der Waals surface area contributed by atoms with E-state index in [1.165, 1.54) is 35.6 Å². The van der Waals surface area contributed by atoms with E-state index >= 15 is 0 Å². The molecular weight excluding hydrogens is 291 g/mol. The molecule has 1 N–H and O–H groups in total. The molecule has 0 aliphatic rings. The van der Waals surface area contributed by atoms with Gasteiger partial charge in [0.25, 0.3) is 0 Å². The van der Waals surface area contributed by atoms with Crippen LogP contribution in [0.15, 0.2) is 29.6 Å². The minimum Gasteiger partial charge on any atom is -0.493 e. The quantitative estimate of drug-likeness (QED) is 0.882. The summed E-state index contributed by atoms with van der Waals surface area (Å²) in [4.78, 5) is 16.1. The van der Waals surface area contributed by atoms with Crippen LogP contribution in [-0.4, -0.2) is 17.5 Å². The molecule has 0 unspecified atom stereocenters. The highest BCUT2D eigenvalue weighted by Gasteiger charge is 2.09. The van der Waals surface area contributed by atoms with Crippen LogP contribution < -0.4 is 10.1 Å². The van der Waals surface area contributed by atoms with E-state index in [0.29, 0.717) is 16.8 Å². The van der Waals surface area contributed by atoms with Gasteiger partial charge in [-0.25, -0.2) is 9.37 Å². The molecule has 0 bridgehead atoms. The van der Waals surface area contributed by atoms with E-state index in [2.05, 4.69) is 24.1 Å². The number of anilines is 1. The summed E-state index contributed by atoms with van der Waals surface area (Å²) in [5.74, 6) is 0.417. The van der Waals surface area contributed by atoms with Crippen molar-refractivity contribution in [2.45, 2.75) is 26.2 Å². The van der Waals surface area contributed by atoms with Crippen LogP contribution in [0.5, 0.6) is 5.75 Å². The largest absolute Gasteiger partial charge is 0.493 e. The number of carbonyl (C=O) groups is 1. The lowest BCUT2D eigenvalue weighted by Gasteiger charge is -2.05. The van der Waals surface area contributed by atoms with Crippen molar-refractivity contribution in [2.24, 2.45) is 0 Å². The lowest BCUT2D eigenvalue weighted by atomic mass is 10.2. The number of amides is 1. The molecule has 0 saturated carbocycles. The lowest BCUT2D eigenvalue weighted by molar-refractivity contribution is -0.116. The van der Waals surface area contributed by atoms with Crippen molar-refractivity contribution in [1.29, 1.82) is 0 Å². The molecule has 1 aromatic carbocycles.